The number of nitrogens with one attached hydrogen (secondary N) is 2. The minimum Gasteiger partial charge on any atom is -0.353 e. The lowest BCUT2D eigenvalue weighted by atomic mass is 10.0. The minimum atomic E-state index is -0.233. The predicted octanol–water partition coefficient (Wildman–Crippen LogP) is 6.00. The molecule has 190 valence electrons. The molecule has 1 fully saturated rings. The Balaban J connectivity index is 1.21. The number of imidazole rings is 1. The Kier molecular flexibility index (Phi) is 6.71. The zero-order chi connectivity index (χ0) is 25.9. The first kappa shape index (κ1) is 24.1. The van der Waals surface area contributed by atoms with Crippen molar-refractivity contribution in [3.8, 4) is 16.8 Å². The van der Waals surface area contributed by atoms with Crippen molar-refractivity contribution in [2.24, 2.45) is 0 Å². The number of hydrogen-bond donors (Lipinski definition) is 2. The van der Waals surface area contributed by atoms with E-state index in [0.29, 0.717) is 36.8 Å². The lowest BCUT2D eigenvalue weighted by Crippen LogP contribution is -2.25. The Hall–Kier alpha value is -4.30. The van der Waals surface area contributed by atoms with Gasteiger partial charge < -0.3 is 5.32 Å². The number of carbonyl (C=O) groups excluding carboxylic acids is 2. The van der Waals surface area contributed by atoms with Crippen molar-refractivity contribution < 1.29 is 9.59 Å². The Morgan fingerprint density at radius 2 is 1.82 bits per heavy atom. The van der Waals surface area contributed by atoms with E-state index in [2.05, 4.69) is 21.7 Å². The number of amides is 2. The summed E-state index contributed by atoms with van der Waals surface area (Å²) in [7, 11) is 0. The number of para-hydroxylation sites is 1. The molecule has 2 N–H and O–H groups in total. The summed E-state index contributed by atoms with van der Waals surface area (Å²) in [6.07, 6.45) is 5.92. The molecule has 0 saturated heterocycles. The van der Waals surface area contributed by atoms with Crippen LogP contribution in [0, 0.1) is 0 Å². The normalized spacial score (nSPS) is 12.9. The van der Waals surface area contributed by atoms with Crippen LogP contribution in [0.4, 0.5) is 5.95 Å². The summed E-state index contributed by atoms with van der Waals surface area (Å²) in [6, 6.07) is 23.9. The number of nitrogens with zero attached hydrogens (tertiary/aromatic N) is 3. The molecule has 7 nitrogen and oxygen atoms in total. The molecular weight excluding hydrogens is 494 g/mol. The Morgan fingerprint density at radius 3 is 2.66 bits per heavy atom. The van der Waals surface area contributed by atoms with Crippen molar-refractivity contribution in [2.45, 2.75) is 38.1 Å². The number of anilines is 1. The van der Waals surface area contributed by atoms with E-state index in [0.717, 1.165) is 45.6 Å². The topological polar surface area (TPSA) is 88.9 Å². The fourth-order valence-electron chi connectivity index (χ4n) is 4.43. The van der Waals surface area contributed by atoms with Crippen molar-refractivity contribution in [1.82, 2.24) is 19.9 Å². The summed E-state index contributed by atoms with van der Waals surface area (Å²) < 4.78 is 3.00. The summed E-state index contributed by atoms with van der Waals surface area (Å²) in [6.45, 7) is 0. The van der Waals surface area contributed by atoms with Crippen molar-refractivity contribution in [2.75, 3.05) is 5.32 Å². The Morgan fingerprint density at radius 1 is 0.974 bits per heavy atom. The summed E-state index contributed by atoms with van der Waals surface area (Å²) in [5.41, 5.74) is 7.09. The molecular formula is C30H27N5O2S. The van der Waals surface area contributed by atoms with Crippen LogP contribution in [-0.4, -0.2) is 32.4 Å². The fourth-order valence-corrected chi connectivity index (χ4v) is 5.15. The second kappa shape index (κ2) is 10.6. The fraction of sp³-hybridized carbons (Fsp3) is 0.200. The summed E-state index contributed by atoms with van der Waals surface area (Å²) in [5.74, 6) is 0.317. The van der Waals surface area contributed by atoms with Crippen LogP contribution in [0.1, 0.15) is 41.7 Å². The smallest absolute Gasteiger partial charge is 0.258 e. The van der Waals surface area contributed by atoms with Crippen molar-refractivity contribution in [3.05, 3.63) is 95.8 Å². The van der Waals surface area contributed by atoms with Gasteiger partial charge in [0.1, 0.15) is 0 Å². The molecule has 1 aliphatic rings. The maximum atomic E-state index is 13.3. The molecule has 38 heavy (non-hydrogen) atoms. The van der Waals surface area contributed by atoms with Gasteiger partial charge in [-0.1, -0.05) is 36.4 Å². The molecule has 6 rings (SSSR count). The highest BCUT2D eigenvalue weighted by molar-refractivity contribution is 7.16. The molecule has 2 aromatic heterocycles. The van der Waals surface area contributed by atoms with Crippen LogP contribution in [0.15, 0.2) is 84.5 Å². The second-order valence-corrected chi connectivity index (χ2v) is 10.4. The first-order chi connectivity index (χ1) is 18.6. The Bertz CT molecular complexity index is 1600. The van der Waals surface area contributed by atoms with Gasteiger partial charge in [0, 0.05) is 29.9 Å². The molecule has 0 unspecified atom stereocenters. The van der Waals surface area contributed by atoms with Crippen LogP contribution in [0.5, 0.6) is 0 Å². The highest BCUT2D eigenvalue weighted by atomic mass is 32.1. The highest BCUT2D eigenvalue weighted by Gasteiger charge is 2.23. The molecule has 3 aromatic carbocycles. The van der Waals surface area contributed by atoms with Crippen LogP contribution in [0.25, 0.3) is 27.0 Å². The average molecular weight is 522 g/mol. The third kappa shape index (κ3) is 5.50. The number of hydrogen-bond acceptors (Lipinski definition) is 5. The molecule has 5 aromatic rings. The number of carbonyl (C=O) groups is 2. The number of fused-ring (bicyclic) bond motifs is 1. The van der Waals surface area contributed by atoms with Gasteiger partial charge >= 0.3 is 0 Å². The molecule has 0 radical (unpaired) electrons. The molecule has 0 atom stereocenters. The number of aryl methyl sites for hydroxylation is 1. The predicted molar refractivity (Wildman–Crippen MR) is 151 cm³/mol. The largest absolute Gasteiger partial charge is 0.353 e. The average Bonchev–Trinajstić information content (AvgIpc) is 3.47. The summed E-state index contributed by atoms with van der Waals surface area (Å²) >= 11 is 1.60. The maximum absolute atomic E-state index is 13.3. The van der Waals surface area contributed by atoms with Gasteiger partial charge in [0.25, 0.3) is 5.91 Å². The molecule has 1 aliphatic carbocycles. The third-order valence-corrected chi connectivity index (χ3v) is 7.38. The maximum Gasteiger partial charge on any atom is 0.258 e. The standard InChI is InChI=1S/C30H27N5O2S/c36-28(32-23-13-14-23)11-5-8-24-18-35(25-9-2-1-3-10-25)30(33-24)34-29(37)22-7-4-6-20(16-22)21-12-15-26-27(17-21)38-19-31-26/h1-4,6-7,9-10,12,15-19,23H,5,8,11,13-14H2,(H,32,36)(H,33,34,37). The van der Waals surface area contributed by atoms with E-state index in [-0.39, 0.29) is 11.8 Å². The zero-order valence-electron chi connectivity index (χ0n) is 20.8. The van der Waals surface area contributed by atoms with Gasteiger partial charge in [-0.05, 0) is 73.2 Å². The summed E-state index contributed by atoms with van der Waals surface area (Å²) in [4.78, 5) is 34.5. The van der Waals surface area contributed by atoms with Gasteiger partial charge in [-0.25, -0.2) is 9.97 Å². The van der Waals surface area contributed by atoms with Gasteiger partial charge in [-0.15, -0.1) is 11.3 Å². The van der Waals surface area contributed by atoms with Gasteiger partial charge in [-0.3, -0.25) is 19.5 Å². The van der Waals surface area contributed by atoms with Gasteiger partial charge in [0.05, 0.1) is 21.4 Å². The quantitative estimate of drug-likeness (QED) is 0.249. The third-order valence-electron chi connectivity index (χ3n) is 6.58. The van der Waals surface area contributed by atoms with Crippen LogP contribution in [-0.2, 0) is 11.2 Å². The number of aromatic nitrogens is 3. The molecule has 8 heteroatoms. The van der Waals surface area contributed by atoms with E-state index in [9.17, 15) is 9.59 Å². The van der Waals surface area contributed by atoms with E-state index in [1.165, 1.54) is 0 Å². The lowest BCUT2D eigenvalue weighted by Gasteiger charge is -2.10. The zero-order valence-corrected chi connectivity index (χ0v) is 21.6. The van der Waals surface area contributed by atoms with Crippen LogP contribution in [0.3, 0.4) is 0 Å². The lowest BCUT2D eigenvalue weighted by molar-refractivity contribution is -0.121. The second-order valence-electron chi connectivity index (χ2n) is 9.53. The van der Waals surface area contributed by atoms with Gasteiger partial charge in [0.15, 0.2) is 0 Å². The molecule has 0 bridgehead atoms. The van der Waals surface area contributed by atoms with Crippen LogP contribution >= 0.6 is 11.3 Å². The van der Waals surface area contributed by atoms with E-state index < -0.39 is 0 Å². The van der Waals surface area contributed by atoms with E-state index >= 15 is 0 Å². The molecule has 1 saturated carbocycles. The number of thiazole rings is 1. The Labute approximate surface area is 224 Å². The number of benzene rings is 3. The van der Waals surface area contributed by atoms with Crippen molar-refractivity contribution in [1.29, 1.82) is 0 Å². The first-order valence-electron chi connectivity index (χ1n) is 12.8. The number of rotatable bonds is 9. The molecule has 0 aliphatic heterocycles. The SMILES string of the molecule is O=C(CCCc1cn(-c2ccccc2)c(NC(=O)c2cccc(-c3ccc4ncsc4c3)c2)n1)NC1CC1. The molecule has 2 amide bonds. The van der Waals surface area contributed by atoms with E-state index in [1.807, 2.05) is 76.9 Å². The van der Waals surface area contributed by atoms with E-state index in [1.54, 1.807) is 17.4 Å². The van der Waals surface area contributed by atoms with Crippen LogP contribution < -0.4 is 10.6 Å². The molecule has 0 spiro atoms. The van der Waals surface area contributed by atoms with Crippen molar-refractivity contribution in [3.63, 3.8) is 0 Å². The van der Waals surface area contributed by atoms with Gasteiger partial charge in [-0.2, -0.15) is 0 Å². The summed E-state index contributed by atoms with van der Waals surface area (Å²) in [5, 5.41) is 6.04. The first-order valence-corrected chi connectivity index (χ1v) is 13.7. The van der Waals surface area contributed by atoms with Crippen LogP contribution in [0.2, 0.25) is 0 Å². The van der Waals surface area contributed by atoms with Crippen molar-refractivity contribution >= 4 is 39.3 Å². The van der Waals surface area contributed by atoms with E-state index in [4.69, 9.17) is 4.98 Å². The highest BCUT2D eigenvalue weighted by Crippen LogP contribution is 2.27. The molecule has 2 heterocycles. The minimum absolute atomic E-state index is 0.0953. The monoisotopic (exact) mass is 521 g/mol. The van der Waals surface area contributed by atoms with Gasteiger partial charge in [0.2, 0.25) is 11.9 Å².